The van der Waals surface area contributed by atoms with Gasteiger partial charge in [-0.25, -0.2) is 8.42 Å². The average Bonchev–Trinajstić information content (AvgIpc) is 2.18. The van der Waals surface area contributed by atoms with Gasteiger partial charge in [0.25, 0.3) is 0 Å². The lowest BCUT2D eigenvalue weighted by Gasteiger charge is -1.93. The molecule has 0 aromatic rings. The maximum atomic E-state index is 11.3. The smallest absolute Gasteiger partial charge is 0.183 e. The van der Waals surface area contributed by atoms with Crippen LogP contribution in [0.4, 0.5) is 0 Å². The Kier molecular flexibility index (Phi) is 2.06. The van der Waals surface area contributed by atoms with Crippen LogP contribution in [0.2, 0.25) is 0 Å². The molecule has 0 N–H and O–H groups in total. The first-order valence-corrected chi connectivity index (χ1v) is 5.08. The Labute approximate surface area is 72.5 Å². The third-order valence-corrected chi connectivity index (χ3v) is 3.52. The molecule has 0 atom stereocenters. The van der Waals surface area contributed by atoms with E-state index in [2.05, 4.69) is 19.7 Å². The highest BCUT2D eigenvalue weighted by Crippen LogP contribution is 2.30. The molecule has 0 unspecified atom stereocenters. The predicted molar refractivity (Wildman–Crippen MR) is 50.3 cm³/mol. The van der Waals surface area contributed by atoms with Gasteiger partial charge in [-0.15, -0.1) is 0 Å². The van der Waals surface area contributed by atoms with Gasteiger partial charge in [0.1, 0.15) is 0 Å². The van der Waals surface area contributed by atoms with Crippen molar-refractivity contribution in [2.24, 2.45) is 0 Å². The van der Waals surface area contributed by atoms with Gasteiger partial charge in [0, 0.05) is 0 Å². The SMILES string of the molecule is C=CC1=C(C=C)S(=O)(=O)CC1=C. The predicted octanol–water partition coefficient (Wildman–Crippen LogP) is 1.60. The summed E-state index contributed by atoms with van der Waals surface area (Å²) >= 11 is 0. The molecule has 1 heterocycles. The van der Waals surface area contributed by atoms with Crippen molar-refractivity contribution in [3.8, 4) is 0 Å². The van der Waals surface area contributed by atoms with E-state index in [4.69, 9.17) is 0 Å². The Balaban J connectivity index is 3.46. The second kappa shape index (κ2) is 2.75. The monoisotopic (exact) mass is 182 g/mol. The highest BCUT2D eigenvalue weighted by atomic mass is 32.2. The van der Waals surface area contributed by atoms with Crippen LogP contribution >= 0.6 is 0 Å². The van der Waals surface area contributed by atoms with Gasteiger partial charge >= 0.3 is 0 Å². The van der Waals surface area contributed by atoms with Crippen molar-refractivity contribution in [3.05, 3.63) is 47.9 Å². The van der Waals surface area contributed by atoms with Crippen LogP contribution in [0.25, 0.3) is 0 Å². The number of sulfone groups is 1. The van der Waals surface area contributed by atoms with E-state index in [1.165, 1.54) is 12.2 Å². The summed E-state index contributed by atoms with van der Waals surface area (Å²) in [7, 11) is -3.16. The molecule has 64 valence electrons. The topological polar surface area (TPSA) is 34.1 Å². The average molecular weight is 182 g/mol. The second-order valence-corrected chi connectivity index (χ2v) is 4.51. The van der Waals surface area contributed by atoms with Gasteiger partial charge in [-0.3, -0.25) is 0 Å². The Hall–Kier alpha value is -1.09. The first kappa shape index (κ1) is 9.00. The molecule has 0 aromatic carbocycles. The van der Waals surface area contributed by atoms with Crippen molar-refractivity contribution in [3.63, 3.8) is 0 Å². The van der Waals surface area contributed by atoms with Gasteiger partial charge in [0.15, 0.2) is 9.84 Å². The van der Waals surface area contributed by atoms with E-state index in [0.717, 1.165) is 0 Å². The normalized spacial score (nSPS) is 21.2. The molecule has 0 fully saturated rings. The Bertz CT molecular complexity index is 383. The minimum atomic E-state index is -3.16. The van der Waals surface area contributed by atoms with Crippen molar-refractivity contribution in [2.75, 3.05) is 5.75 Å². The summed E-state index contributed by atoms with van der Waals surface area (Å²) in [5, 5.41) is 0. The van der Waals surface area contributed by atoms with Crippen molar-refractivity contribution < 1.29 is 8.42 Å². The number of rotatable bonds is 2. The quantitative estimate of drug-likeness (QED) is 0.650. The van der Waals surface area contributed by atoms with E-state index in [-0.39, 0.29) is 10.7 Å². The van der Waals surface area contributed by atoms with Gasteiger partial charge < -0.3 is 0 Å². The largest absolute Gasteiger partial charge is 0.223 e. The maximum Gasteiger partial charge on any atom is 0.183 e. The van der Waals surface area contributed by atoms with E-state index in [1.807, 2.05) is 0 Å². The van der Waals surface area contributed by atoms with E-state index >= 15 is 0 Å². The maximum absolute atomic E-state index is 11.3. The molecule has 3 heteroatoms. The van der Waals surface area contributed by atoms with Gasteiger partial charge in [-0.1, -0.05) is 31.9 Å². The summed E-state index contributed by atoms with van der Waals surface area (Å²) in [6.07, 6.45) is 2.84. The molecule has 0 aliphatic carbocycles. The van der Waals surface area contributed by atoms with Gasteiger partial charge in [-0.05, 0) is 11.1 Å². The summed E-state index contributed by atoms with van der Waals surface area (Å²) < 4.78 is 22.7. The molecule has 0 saturated heterocycles. The van der Waals surface area contributed by atoms with Gasteiger partial charge in [0.2, 0.25) is 0 Å². The molecule has 0 bridgehead atoms. The minimum Gasteiger partial charge on any atom is -0.223 e. The fraction of sp³-hybridized carbons (Fsp3) is 0.111. The van der Waals surface area contributed by atoms with Gasteiger partial charge in [0.05, 0.1) is 10.7 Å². The Morgan fingerprint density at radius 2 is 1.83 bits per heavy atom. The summed E-state index contributed by atoms with van der Waals surface area (Å²) in [6.45, 7) is 10.6. The van der Waals surface area contributed by atoms with E-state index in [9.17, 15) is 8.42 Å². The number of hydrogen-bond acceptors (Lipinski definition) is 2. The second-order valence-electron chi connectivity index (χ2n) is 2.55. The highest BCUT2D eigenvalue weighted by molar-refractivity contribution is 7.96. The first-order valence-electron chi connectivity index (χ1n) is 3.43. The molecule has 0 aromatic heterocycles. The minimum absolute atomic E-state index is 0.00426. The molecule has 0 spiro atoms. The number of allylic oxidation sites excluding steroid dienone is 3. The summed E-state index contributed by atoms with van der Waals surface area (Å²) in [5.74, 6) is -0.00426. The van der Waals surface area contributed by atoms with Crippen LogP contribution in [0.15, 0.2) is 47.9 Å². The molecule has 0 radical (unpaired) electrons. The van der Waals surface area contributed by atoms with Crippen LogP contribution in [0.5, 0.6) is 0 Å². The lowest BCUT2D eigenvalue weighted by Crippen LogP contribution is -2.00. The van der Waals surface area contributed by atoms with Crippen LogP contribution in [-0.4, -0.2) is 14.2 Å². The third-order valence-electron chi connectivity index (χ3n) is 1.74. The van der Waals surface area contributed by atoms with E-state index in [0.29, 0.717) is 11.1 Å². The zero-order valence-electron chi connectivity index (χ0n) is 6.71. The fourth-order valence-electron chi connectivity index (χ4n) is 1.21. The molecule has 1 rings (SSSR count). The molecule has 1 aliphatic heterocycles. The molecule has 1 aliphatic rings. The lowest BCUT2D eigenvalue weighted by atomic mass is 10.1. The van der Waals surface area contributed by atoms with Crippen molar-refractivity contribution >= 4 is 9.84 Å². The molecule has 12 heavy (non-hydrogen) atoms. The standard InChI is InChI=1S/C9H10O2S/c1-4-8-7(3)6-12(10,11)9(8)5-2/h4-5H,1-3,6H2. The van der Waals surface area contributed by atoms with Crippen molar-refractivity contribution in [2.45, 2.75) is 0 Å². The van der Waals surface area contributed by atoms with Crippen LogP contribution in [0.1, 0.15) is 0 Å². The van der Waals surface area contributed by atoms with Crippen molar-refractivity contribution in [1.29, 1.82) is 0 Å². The lowest BCUT2D eigenvalue weighted by molar-refractivity contribution is 0.606. The fourth-order valence-corrected chi connectivity index (χ4v) is 2.79. The zero-order valence-corrected chi connectivity index (χ0v) is 7.52. The van der Waals surface area contributed by atoms with E-state index in [1.54, 1.807) is 0 Å². The van der Waals surface area contributed by atoms with Crippen LogP contribution < -0.4 is 0 Å². The zero-order chi connectivity index (χ0) is 9.35. The Morgan fingerprint density at radius 1 is 1.25 bits per heavy atom. The highest BCUT2D eigenvalue weighted by Gasteiger charge is 2.28. The van der Waals surface area contributed by atoms with Crippen molar-refractivity contribution in [1.82, 2.24) is 0 Å². The van der Waals surface area contributed by atoms with Gasteiger partial charge in [-0.2, -0.15) is 0 Å². The summed E-state index contributed by atoms with van der Waals surface area (Å²) in [5.41, 5.74) is 1.20. The third kappa shape index (κ3) is 1.16. The molecular weight excluding hydrogens is 172 g/mol. The first-order chi connectivity index (χ1) is 5.53. The van der Waals surface area contributed by atoms with Crippen LogP contribution in [0, 0.1) is 0 Å². The van der Waals surface area contributed by atoms with Crippen LogP contribution in [0.3, 0.4) is 0 Å². The molecule has 0 saturated carbocycles. The molecule has 0 amide bonds. The molecular formula is C9H10O2S. The summed E-state index contributed by atoms with van der Waals surface area (Å²) in [4.78, 5) is 0.252. The number of hydrogen-bond donors (Lipinski definition) is 0. The summed E-state index contributed by atoms with van der Waals surface area (Å²) in [6, 6.07) is 0. The van der Waals surface area contributed by atoms with E-state index < -0.39 is 9.84 Å². The molecule has 2 nitrogen and oxygen atoms in total. The Morgan fingerprint density at radius 3 is 2.17 bits per heavy atom. The van der Waals surface area contributed by atoms with Crippen LogP contribution in [-0.2, 0) is 9.84 Å².